The van der Waals surface area contributed by atoms with Crippen LogP contribution in [0.1, 0.15) is 44.9 Å². The SMILES string of the molecule is O=C(Nc1ccc(F)c(Cl)c1)C1CCN(C(=O)NC2CCCCC2)CC1. The second-order valence-corrected chi connectivity index (χ2v) is 7.57. The summed E-state index contributed by atoms with van der Waals surface area (Å²) in [6, 6.07) is 4.41. The van der Waals surface area contributed by atoms with E-state index in [1.54, 1.807) is 4.90 Å². The van der Waals surface area contributed by atoms with Gasteiger partial charge in [-0.05, 0) is 43.9 Å². The lowest BCUT2D eigenvalue weighted by Crippen LogP contribution is -2.49. The number of nitrogens with one attached hydrogen (secondary N) is 2. The third kappa shape index (κ3) is 4.87. The second kappa shape index (κ2) is 8.71. The number of rotatable bonds is 3. The fraction of sp³-hybridized carbons (Fsp3) is 0.579. The van der Waals surface area contributed by atoms with E-state index in [0.29, 0.717) is 37.7 Å². The minimum Gasteiger partial charge on any atom is -0.335 e. The smallest absolute Gasteiger partial charge is 0.317 e. The summed E-state index contributed by atoms with van der Waals surface area (Å²) in [5.41, 5.74) is 0.485. The highest BCUT2D eigenvalue weighted by molar-refractivity contribution is 6.31. The normalized spacial score (nSPS) is 19.2. The van der Waals surface area contributed by atoms with Crippen molar-refractivity contribution in [3.8, 4) is 0 Å². The van der Waals surface area contributed by atoms with Crippen LogP contribution in [-0.4, -0.2) is 36.0 Å². The number of hydrogen-bond acceptors (Lipinski definition) is 2. The number of benzene rings is 1. The van der Waals surface area contributed by atoms with Gasteiger partial charge in [0.15, 0.2) is 0 Å². The molecule has 2 aliphatic rings. The molecular formula is C19H25ClFN3O2. The van der Waals surface area contributed by atoms with Gasteiger partial charge in [0, 0.05) is 30.7 Å². The number of halogens is 2. The zero-order valence-corrected chi connectivity index (χ0v) is 15.5. The van der Waals surface area contributed by atoms with Gasteiger partial charge in [-0.2, -0.15) is 0 Å². The molecule has 1 aromatic carbocycles. The van der Waals surface area contributed by atoms with Crippen LogP contribution in [0, 0.1) is 11.7 Å². The molecule has 0 radical (unpaired) electrons. The molecule has 1 aromatic rings. The predicted octanol–water partition coefficient (Wildman–Crippen LogP) is 4.17. The van der Waals surface area contributed by atoms with E-state index in [1.165, 1.54) is 37.5 Å². The van der Waals surface area contributed by atoms with Crippen molar-refractivity contribution in [2.75, 3.05) is 18.4 Å². The van der Waals surface area contributed by atoms with Crippen LogP contribution in [0.4, 0.5) is 14.9 Å². The lowest BCUT2D eigenvalue weighted by Gasteiger charge is -2.33. The maximum absolute atomic E-state index is 13.2. The molecule has 1 saturated carbocycles. The molecular weight excluding hydrogens is 357 g/mol. The molecule has 1 heterocycles. The first-order valence-corrected chi connectivity index (χ1v) is 9.72. The van der Waals surface area contributed by atoms with Gasteiger partial charge in [0.05, 0.1) is 5.02 Å². The summed E-state index contributed by atoms with van der Waals surface area (Å²) in [4.78, 5) is 26.6. The van der Waals surface area contributed by atoms with E-state index >= 15 is 0 Å². The van der Waals surface area contributed by atoms with Crippen molar-refractivity contribution in [1.29, 1.82) is 0 Å². The van der Waals surface area contributed by atoms with E-state index in [4.69, 9.17) is 11.6 Å². The molecule has 3 rings (SSSR count). The largest absolute Gasteiger partial charge is 0.335 e. The summed E-state index contributed by atoms with van der Waals surface area (Å²) in [6.45, 7) is 1.14. The summed E-state index contributed by atoms with van der Waals surface area (Å²) in [5.74, 6) is -0.778. The molecule has 1 saturated heterocycles. The fourth-order valence-corrected chi connectivity index (χ4v) is 3.86. The van der Waals surface area contributed by atoms with Crippen molar-refractivity contribution in [2.24, 2.45) is 5.92 Å². The van der Waals surface area contributed by atoms with Crippen LogP contribution in [0.15, 0.2) is 18.2 Å². The van der Waals surface area contributed by atoms with Gasteiger partial charge in [0.25, 0.3) is 0 Å². The Bertz CT molecular complexity index is 656. The number of hydrogen-bond donors (Lipinski definition) is 2. The van der Waals surface area contributed by atoms with Gasteiger partial charge in [-0.3, -0.25) is 4.79 Å². The van der Waals surface area contributed by atoms with Gasteiger partial charge in [0.2, 0.25) is 5.91 Å². The topological polar surface area (TPSA) is 61.4 Å². The number of likely N-dealkylation sites (tertiary alicyclic amines) is 1. The molecule has 2 N–H and O–H groups in total. The molecule has 3 amide bonds. The second-order valence-electron chi connectivity index (χ2n) is 7.16. The molecule has 0 bridgehead atoms. The van der Waals surface area contributed by atoms with Crippen LogP contribution >= 0.6 is 11.6 Å². The quantitative estimate of drug-likeness (QED) is 0.825. The molecule has 5 nitrogen and oxygen atoms in total. The molecule has 0 unspecified atom stereocenters. The van der Waals surface area contributed by atoms with E-state index < -0.39 is 5.82 Å². The van der Waals surface area contributed by atoms with Gasteiger partial charge in [-0.1, -0.05) is 30.9 Å². The molecule has 0 atom stereocenters. The summed E-state index contributed by atoms with van der Waals surface area (Å²) >= 11 is 5.74. The number of urea groups is 1. The molecule has 1 aliphatic heterocycles. The van der Waals surface area contributed by atoms with E-state index in [0.717, 1.165) is 12.8 Å². The summed E-state index contributed by atoms with van der Waals surface area (Å²) in [7, 11) is 0. The molecule has 1 aliphatic carbocycles. The van der Waals surface area contributed by atoms with Crippen LogP contribution in [0.5, 0.6) is 0 Å². The first kappa shape index (κ1) is 19.0. The van der Waals surface area contributed by atoms with Gasteiger partial charge in [0.1, 0.15) is 5.82 Å². The Morgan fingerprint density at radius 1 is 1.08 bits per heavy atom. The van der Waals surface area contributed by atoms with E-state index in [-0.39, 0.29) is 22.9 Å². The van der Waals surface area contributed by atoms with Crippen molar-refractivity contribution in [3.05, 3.63) is 29.0 Å². The van der Waals surface area contributed by atoms with Gasteiger partial charge < -0.3 is 15.5 Å². The minimum absolute atomic E-state index is 0.0129. The van der Waals surface area contributed by atoms with Crippen molar-refractivity contribution in [1.82, 2.24) is 10.2 Å². The maximum Gasteiger partial charge on any atom is 0.317 e. The Balaban J connectivity index is 1.45. The van der Waals surface area contributed by atoms with Crippen molar-refractivity contribution in [3.63, 3.8) is 0 Å². The van der Waals surface area contributed by atoms with Crippen LogP contribution < -0.4 is 10.6 Å². The Kier molecular flexibility index (Phi) is 6.35. The molecule has 7 heteroatoms. The fourth-order valence-electron chi connectivity index (χ4n) is 3.68. The number of carbonyl (C=O) groups is 2. The van der Waals surface area contributed by atoms with Gasteiger partial charge in [-0.25, -0.2) is 9.18 Å². The van der Waals surface area contributed by atoms with Crippen molar-refractivity contribution >= 4 is 29.2 Å². The van der Waals surface area contributed by atoms with E-state index in [2.05, 4.69) is 10.6 Å². The van der Waals surface area contributed by atoms with Crippen molar-refractivity contribution < 1.29 is 14.0 Å². The lowest BCUT2D eigenvalue weighted by molar-refractivity contribution is -0.121. The zero-order valence-electron chi connectivity index (χ0n) is 14.8. The Morgan fingerprint density at radius 3 is 2.42 bits per heavy atom. The molecule has 2 fully saturated rings. The number of nitrogens with zero attached hydrogens (tertiary/aromatic N) is 1. The number of amides is 3. The van der Waals surface area contributed by atoms with Crippen LogP contribution in [-0.2, 0) is 4.79 Å². The standard InChI is InChI=1S/C19H25ClFN3O2/c20-16-12-15(6-7-17(16)21)22-18(25)13-8-10-24(11-9-13)19(26)23-14-4-2-1-3-5-14/h6-7,12-14H,1-5,8-11H2,(H,22,25)(H,23,26). The van der Waals surface area contributed by atoms with E-state index in [9.17, 15) is 14.0 Å². The molecule has 142 valence electrons. The monoisotopic (exact) mass is 381 g/mol. The van der Waals surface area contributed by atoms with Gasteiger partial charge >= 0.3 is 6.03 Å². The molecule has 26 heavy (non-hydrogen) atoms. The van der Waals surface area contributed by atoms with E-state index in [1.807, 2.05) is 0 Å². The predicted molar refractivity (Wildman–Crippen MR) is 99.7 cm³/mol. The number of carbonyl (C=O) groups excluding carboxylic acids is 2. The molecule has 0 spiro atoms. The summed E-state index contributed by atoms with van der Waals surface area (Å²) < 4.78 is 13.2. The zero-order chi connectivity index (χ0) is 18.5. The average Bonchev–Trinajstić information content (AvgIpc) is 2.65. The first-order valence-electron chi connectivity index (χ1n) is 9.34. The van der Waals surface area contributed by atoms with Crippen LogP contribution in [0.2, 0.25) is 5.02 Å². The number of anilines is 1. The minimum atomic E-state index is -0.512. The lowest BCUT2D eigenvalue weighted by atomic mass is 9.95. The molecule has 0 aromatic heterocycles. The highest BCUT2D eigenvalue weighted by Crippen LogP contribution is 2.23. The van der Waals surface area contributed by atoms with Gasteiger partial charge in [-0.15, -0.1) is 0 Å². The third-order valence-corrected chi connectivity index (χ3v) is 5.56. The Morgan fingerprint density at radius 2 is 1.77 bits per heavy atom. The maximum atomic E-state index is 13.2. The Hall–Kier alpha value is -1.82. The third-order valence-electron chi connectivity index (χ3n) is 5.27. The van der Waals surface area contributed by atoms with Crippen molar-refractivity contribution in [2.45, 2.75) is 51.0 Å². The van der Waals surface area contributed by atoms with Crippen LogP contribution in [0.25, 0.3) is 0 Å². The van der Waals surface area contributed by atoms with Crippen LogP contribution in [0.3, 0.4) is 0 Å². The Labute approximate surface area is 158 Å². The first-order chi connectivity index (χ1) is 12.5. The summed E-state index contributed by atoms with van der Waals surface area (Å²) in [5, 5.41) is 5.88. The number of piperidine rings is 1. The highest BCUT2D eigenvalue weighted by atomic mass is 35.5. The summed E-state index contributed by atoms with van der Waals surface area (Å²) in [6.07, 6.45) is 6.99. The average molecular weight is 382 g/mol. The highest BCUT2D eigenvalue weighted by Gasteiger charge is 2.28.